The van der Waals surface area contributed by atoms with Crippen LogP contribution in [0.15, 0.2) is 24.4 Å². The van der Waals surface area contributed by atoms with Gasteiger partial charge in [0.25, 0.3) is 5.91 Å². The summed E-state index contributed by atoms with van der Waals surface area (Å²) in [6.07, 6.45) is 2.60. The van der Waals surface area contributed by atoms with E-state index in [0.29, 0.717) is 17.1 Å². The van der Waals surface area contributed by atoms with Crippen LogP contribution in [0.25, 0.3) is 5.69 Å². The third kappa shape index (κ3) is 3.44. The Morgan fingerprint density at radius 1 is 1.33 bits per heavy atom. The lowest BCUT2D eigenvalue weighted by atomic mass is 10.1. The quantitative estimate of drug-likeness (QED) is 0.868. The maximum Gasteiger partial charge on any atom is 0.334 e. The maximum atomic E-state index is 13.1. The van der Waals surface area contributed by atoms with Crippen molar-refractivity contribution >= 4 is 23.5 Å². The van der Waals surface area contributed by atoms with Gasteiger partial charge in [0.05, 0.1) is 36.3 Å². The molecule has 2 aliphatic rings. The average Bonchev–Trinajstić information content (AvgIpc) is 3.41. The van der Waals surface area contributed by atoms with Crippen molar-refractivity contribution < 1.29 is 19.4 Å². The van der Waals surface area contributed by atoms with E-state index in [1.165, 1.54) is 4.90 Å². The molecule has 0 spiro atoms. The zero-order valence-electron chi connectivity index (χ0n) is 14.9. The largest absolute Gasteiger partial charge is 0.479 e. The van der Waals surface area contributed by atoms with Gasteiger partial charge >= 0.3 is 5.97 Å². The van der Waals surface area contributed by atoms with Crippen LogP contribution in [0.2, 0.25) is 5.02 Å². The molecule has 2 fully saturated rings. The first-order valence-electron chi connectivity index (χ1n) is 8.94. The minimum absolute atomic E-state index is 0.0415. The summed E-state index contributed by atoms with van der Waals surface area (Å²) in [6, 6.07) is 5.71. The maximum absolute atomic E-state index is 13.1. The predicted molar refractivity (Wildman–Crippen MR) is 98.6 cm³/mol. The van der Waals surface area contributed by atoms with Gasteiger partial charge in [-0.25, -0.2) is 9.48 Å². The molecule has 2 aromatic rings. The van der Waals surface area contributed by atoms with E-state index in [2.05, 4.69) is 5.10 Å². The number of amides is 1. The molecule has 4 rings (SSSR count). The van der Waals surface area contributed by atoms with Gasteiger partial charge in [-0.05, 0) is 37.5 Å². The molecule has 2 heterocycles. The van der Waals surface area contributed by atoms with Crippen LogP contribution in [0.5, 0.6) is 0 Å². The van der Waals surface area contributed by atoms with Crippen LogP contribution in [0.1, 0.15) is 40.4 Å². The third-order valence-corrected chi connectivity index (χ3v) is 5.44. The van der Waals surface area contributed by atoms with E-state index in [1.807, 2.05) is 25.1 Å². The van der Waals surface area contributed by atoms with Crippen molar-refractivity contribution in [3.05, 3.63) is 46.2 Å². The molecule has 1 aliphatic carbocycles. The van der Waals surface area contributed by atoms with E-state index in [-0.39, 0.29) is 25.0 Å². The molecule has 0 unspecified atom stereocenters. The highest BCUT2D eigenvalue weighted by Gasteiger charge is 2.36. The van der Waals surface area contributed by atoms with E-state index >= 15 is 0 Å². The Bertz CT molecular complexity index is 906. The van der Waals surface area contributed by atoms with Crippen molar-refractivity contribution in [3.8, 4) is 5.69 Å². The molecule has 142 valence electrons. The van der Waals surface area contributed by atoms with Crippen LogP contribution >= 0.6 is 11.6 Å². The van der Waals surface area contributed by atoms with E-state index < -0.39 is 12.1 Å². The second kappa shape index (κ2) is 6.98. The molecule has 8 heteroatoms. The van der Waals surface area contributed by atoms with Crippen molar-refractivity contribution in [2.45, 2.75) is 31.8 Å². The summed E-state index contributed by atoms with van der Waals surface area (Å²) in [4.78, 5) is 25.8. The first kappa shape index (κ1) is 18.0. The Hall–Kier alpha value is -2.38. The number of aryl methyl sites for hydroxylation is 1. The number of rotatable bonds is 4. The van der Waals surface area contributed by atoms with Crippen LogP contribution in [-0.2, 0) is 9.53 Å². The van der Waals surface area contributed by atoms with Crippen LogP contribution in [-0.4, -0.2) is 57.5 Å². The topological polar surface area (TPSA) is 84.7 Å². The number of carboxylic acid groups (broad SMARTS) is 1. The number of carbonyl (C=O) groups excluding carboxylic acids is 1. The van der Waals surface area contributed by atoms with Gasteiger partial charge in [0, 0.05) is 17.5 Å². The van der Waals surface area contributed by atoms with Gasteiger partial charge in [-0.15, -0.1) is 0 Å². The number of halogens is 1. The lowest BCUT2D eigenvalue weighted by molar-refractivity contribution is -0.154. The predicted octanol–water partition coefficient (Wildman–Crippen LogP) is 2.64. The van der Waals surface area contributed by atoms with Crippen molar-refractivity contribution in [2.75, 3.05) is 19.7 Å². The number of morpholine rings is 1. The molecule has 0 radical (unpaired) electrons. The molecule has 1 aromatic carbocycles. The Balaban J connectivity index is 1.67. The number of carbonyl (C=O) groups is 2. The molecule has 1 atom stereocenters. The fourth-order valence-corrected chi connectivity index (χ4v) is 3.52. The zero-order valence-corrected chi connectivity index (χ0v) is 15.6. The number of ether oxygens (including phenoxy) is 1. The molecule has 1 aromatic heterocycles. The summed E-state index contributed by atoms with van der Waals surface area (Å²) in [5, 5.41) is 14.3. The summed E-state index contributed by atoms with van der Waals surface area (Å²) in [5.74, 6) is -0.973. The molecule has 1 aliphatic heterocycles. The van der Waals surface area contributed by atoms with Gasteiger partial charge in [-0.1, -0.05) is 17.7 Å². The molecule has 0 bridgehead atoms. The number of aliphatic carboxylic acids is 1. The first-order chi connectivity index (χ1) is 13.0. The van der Waals surface area contributed by atoms with Crippen LogP contribution in [0, 0.1) is 6.92 Å². The zero-order chi connectivity index (χ0) is 19.1. The van der Waals surface area contributed by atoms with E-state index in [1.54, 1.807) is 10.9 Å². The molecular weight excluding hydrogens is 370 g/mol. The number of aromatic nitrogens is 2. The van der Waals surface area contributed by atoms with Crippen LogP contribution < -0.4 is 0 Å². The van der Waals surface area contributed by atoms with Crippen LogP contribution in [0.3, 0.4) is 0 Å². The molecule has 1 saturated heterocycles. The van der Waals surface area contributed by atoms with Gasteiger partial charge in [0.2, 0.25) is 0 Å². The second-order valence-electron chi connectivity index (χ2n) is 7.01. The molecular formula is C19H20ClN3O4. The summed E-state index contributed by atoms with van der Waals surface area (Å²) in [5.41, 5.74) is 3.19. The van der Waals surface area contributed by atoms with Gasteiger partial charge in [-0.3, -0.25) is 4.79 Å². The van der Waals surface area contributed by atoms with Crippen molar-refractivity contribution in [1.82, 2.24) is 14.7 Å². The summed E-state index contributed by atoms with van der Waals surface area (Å²) < 4.78 is 7.00. The molecule has 27 heavy (non-hydrogen) atoms. The normalized spacial score (nSPS) is 19.9. The first-order valence-corrected chi connectivity index (χ1v) is 9.31. The number of nitrogens with zero attached hydrogens (tertiary/aromatic N) is 3. The van der Waals surface area contributed by atoms with E-state index in [4.69, 9.17) is 16.3 Å². The van der Waals surface area contributed by atoms with Gasteiger partial charge in [0.15, 0.2) is 6.10 Å². The van der Waals surface area contributed by atoms with Crippen molar-refractivity contribution in [2.24, 2.45) is 0 Å². The number of hydrogen-bond donors (Lipinski definition) is 1. The number of carboxylic acids is 1. The molecule has 1 saturated carbocycles. The number of hydrogen-bond acceptors (Lipinski definition) is 4. The Morgan fingerprint density at radius 3 is 2.78 bits per heavy atom. The Labute approximate surface area is 161 Å². The smallest absolute Gasteiger partial charge is 0.334 e. The molecule has 7 nitrogen and oxygen atoms in total. The average molecular weight is 390 g/mol. The van der Waals surface area contributed by atoms with Crippen LogP contribution in [0.4, 0.5) is 0 Å². The Morgan fingerprint density at radius 2 is 2.11 bits per heavy atom. The highest BCUT2D eigenvalue weighted by atomic mass is 35.5. The fraction of sp³-hybridized carbons (Fsp3) is 0.421. The Kier molecular flexibility index (Phi) is 4.65. The van der Waals surface area contributed by atoms with Gasteiger partial charge < -0.3 is 14.7 Å². The van der Waals surface area contributed by atoms with E-state index in [0.717, 1.165) is 29.8 Å². The minimum Gasteiger partial charge on any atom is -0.479 e. The lowest BCUT2D eigenvalue weighted by Gasteiger charge is -2.30. The lowest BCUT2D eigenvalue weighted by Crippen LogP contribution is -2.48. The highest BCUT2D eigenvalue weighted by Crippen LogP contribution is 2.43. The highest BCUT2D eigenvalue weighted by molar-refractivity contribution is 6.31. The monoisotopic (exact) mass is 389 g/mol. The standard InChI is InChI=1S/C19H20ClN3O4/c1-11-2-5-13(8-15(11)20)23-17(12-3-4-12)14(9-21-23)18(24)22-6-7-27-16(10-22)19(25)26/h2,5,8-9,12,16H,3-4,6-7,10H2,1H3,(H,25,26)/t16-/m0/s1. The minimum atomic E-state index is -1.06. The van der Waals surface area contributed by atoms with Gasteiger partial charge in [0.1, 0.15) is 0 Å². The van der Waals surface area contributed by atoms with E-state index in [9.17, 15) is 14.7 Å². The molecule has 1 amide bonds. The summed E-state index contributed by atoms with van der Waals surface area (Å²) >= 11 is 6.26. The summed E-state index contributed by atoms with van der Waals surface area (Å²) in [7, 11) is 0. The second-order valence-corrected chi connectivity index (χ2v) is 7.42. The van der Waals surface area contributed by atoms with Gasteiger partial charge in [-0.2, -0.15) is 5.10 Å². The van der Waals surface area contributed by atoms with Crippen molar-refractivity contribution in [3.63, 3.8) is 0 Å². The molecule has 1 N–H and O–H groups in total. The number of benzene rings is 1. The SMILES string of the molecule is Cc1ccc(-n2ncc(C(=O)N3CCO[C@H](C(=O)O)C3)c2C2CC2)cc1Cl. The summed E-state index contributed by atoms with van der Waals surface area (Å²) in [6.45, 7) is 2.56. The fourth-order valence-electron chi connectivity index (χ4n) is 3.35. The third-order valence-electron chi connectivity index (χ3n) is 5.03. The van der Waals surface area contributed by atoms with Crippen molar-refractivity contribution in [1.29, 1.82) is 0 Å².